The van der Waals surface area contributed by atoms with Crippen molar-refractivity contribution in [1.82, 2.24) is 4.98 Å². The van der Waals surface area contributed by atoms with Crippen LogP contribution in [-0.4, -0.2) is 23.3 Å². The summed E-state index contributed by atoms with van der Waals surface area (Å²) in [6.45, 7) is 0.347. The molecular weight excluding hydrogens is 202 g/mol. The maximum absolute atomic E-state index is 8.68. The van der Waals surface area contributed by atoms with Crippen LogP contribution in [-0.2, 0) is 0 Å². The third-order valence-corrected chi connectivity index (χ3v) is 2.21. The molecule has 0 atom stereocenters. The fraction of sp³-hybridized carbons (Fsp3) is 0.154. The summed E-state index contributed by atoms with van der Waals surface area (Å²) in [6, 6.07) is 11.7. The molecule has 0 fully saturated rings. The molecule has 0 saturated heterocycles. The Balaban J connectivity index is 2.22. The summed E-state index contributed by atoms with van der Waals surface area (Å²) >= 11 is 0. The van der Waals surface area contributed by atoms with Crippen molar-refractivity contribution in [2.45, 2.75) is 0 Å². The summed E-state index contributed by atoms with van der Waals surface area (Å²) in [5.74, 6) is 0.767. The van der Waals surface area contributed by atoms with Crippen molar-refractivity contribution < 1.29 is 9.84 Å². The lowest BCUT2D eigenvalue weighted by Gasteiger charge is -2.06. The van der Waals surface area contributed by atoms with Crippen molar-refractivity contribution in [3.63, 3.8) is 0 Å². The van der Waals surface area contributed by atoms with Gasteiger partial charge >= 0.3 is 0 Å². The van der Waals surface area contributed by atoms with Crippen molar-refractivity contribution in [3.8, 4) is 16.9 Å². The van der Waals surface area contributed by atoms with Crippen LogP contribution in [0.3, 0.4) is 0 Å². The van der Waals surface area contributed by atoms with Gasteiger partial charge in [0, 0.05) is 12.4 Å². The third-order valence-electron chi connectivity index (χ3n) is 2.21. The van der Waals surface area contributed by atoms with Gasteiger partial charge in [-0.3, -0.25) is 4.98 Å². The molecule has 0 amide bonds. The van der Waals surface area contributed by atoms with E-state index in [2.05, 4.69) is 4.98 Å². The van der Waals surface area contributed by atoms with Crippen molar-refractivity contribution in [2.75, 3.05) is 13.2 Å². The Morgan fingerprint density at radius 3 is 2.62 bits per heavy atom. The summed E-state index contributed by atoms with van der Waals surface area (Å²) in [4.78, 5) is 3.98. The molecule has 1 aromatic carbocycles. The number of benzene rings is 1. The van der Waals surface area contributed by atoms with Crippen LogP contribution in [0.1, 0.15) is 0 Å². The highest BCUT2D eigenvalue weighted by atomic mass is 16.5. The number of rotatable bonds is 4. The number of aliphatic hydroxyl groups excluding tert-OH is 1. The van der Waals surface area contributed by atoms with Gasteiger partial charge in [0.25, 0.3) is 0 Å². The molecule has 1 heterocycles. The van der Waals surface area contributed by atoms with Crippen LogP contribution in [0.25, 0.3) is 11.1 Å². The molecule has 0 aliphatic heterocycles. The summed E-state index contributed by atoms with van der Waals surface area (Å²) in [6.07, 6.45) is 3.52. The standard InChI is InChI=1S/C13H13NO2/c15-8-9-16-13-3-1-2-12(10-13)11-4-6-14-7-5-11/h1-7,10,15H,8-9H2. The summed E-state index contributed by atoms with van der Waals surface area (Å²) in [5, 5.41) is 8.68. The highest BCUT2D eigenvalue weighted by Gasteiger charge is 1.99. The molecule has 3 heteroatoms. The number of hydrogen-bond donors (Lipinski definition) is 1. The van der Waals surface area contributed by atoms with Crippen molar-refractivity contribution >= 4 is 0 Å². The lowest BCUT2D eigenvalue weighted by Crippen LogP contribution is -2.01. The number of aromatic nitrogens is 1. The number of pyridine rings is 1. The quantitative estimate of drug-likeness (QED) is 0.849. The molecule has 0 aliphatic rings. The Labute approximate surface area is 94.3 Å². The Kier molecular flexibility index (Phi) is 3.51. The fourth-order valence-electron chi connectivity index (χ4n) is 1.47. The topological polar surface area (TPSA) is 42.4 Å². The Hall–Kier alpha value is -1.87. The molecule has 0 bridgehead atoms. The maximum Gasteiger partial charge on any atom is 0.120 e. The molecular formula is C13H13NO2. The van der Waals surface area contributed by atoms with Crippen molar-refractivity contribution in [3.05, 3.63) is 48.8 Å². The van der Waals surface area contributed by atoms with E-state index in [9.17, 15) is 0 Å². The van der Waals surface area contributed by atoms with Crippen LogP contribution in [0, 0.1) is 0 Å². The van der Waals surface area contributed by atoms with Crippen molar-refractivity contribution in [1.29, 1.82) is 0 Å². The van der Waals surface area contributed by atoms with Crippen LogP contribution in [0.5, 0.6) is 5.75 Å². The van der Waals surface area contributed by atoms with Crippen LogP contribution in [0.15, 0.2) is 48.8 Å². The fourth-order valence-corrected chi connectivity index (χ4v) is 1.47. The molecule has 0 saturated carbocycles. The van der Waals surface area contributed by atoms with Gasteiger partial charge in [-0.15, -0.1) is 0 Å². The van der Waals surface area contributed by atoms with Gasteiger partial charge < -0.3 is 9.84 Å². The van der Waals surface area contributed by atoms with E-state index in [0.29, 0.717) is 6.61 Å². The molecule has 3 nitrogen and oxygen atoms in total. The van der Waals surface area contributed by atoms with Gasteiger partial charge in [0.2, 0.25) is 0 Å². The molecule has 0 unspecified atom stereocenters. The third kappa shape index (κ3) is 2.58. The minimum absolute atomic E-state index is 0.0273. The zero-order valence-corrected chi connectivity index (χ0v) is 8.84. The lowest BCUT2D eigenvalue weighted by molar-refractivity contribution is 0.201. The molecule has 0 radical (unpaired) electrons. The molecule has 0 aliphatic carbocycles. The second-order valence-electron chi connectivity index (χ2n) is 3.34. The van der Waals surface area contributed by atoms with Crippen LogP contribution in [0.4, 0.5) is 0 Å². The Bertz CT molecular complexity index is 443. The van der Waals surface area contributed by atoms with Crippen LogP contribution in [0.2, 0.25) is 0 Å². The Morgan fingerprint density at radius 2 is 1.88 bits per heavy atom. The minimum Gasteiger partial charge on any atom is -0.491 e. The first-order valence-corrected chi connectivity index (χ1v) is 5.14. The minimum atomic E-state index is 0.0273. The van der Waals surface area contributed by atoms with Crippen LogP contribution < -0.4 is 4.74 Å². The molecule has 0 spiro atoms. The average molecular weight is 215 g/mol. The number of hydrogen-bond acceptors (Lipinski definition) is 3. The zero-order valence-electron chi connectivity index (χ0n) is 8.84. The highest BCUT2D eigenvalue weighted by molar-refractivity contribution is 5.64. The van der Waals surface area contributed by atoms with Gasteiger partial charge in [-0.25, -0.2) is 0 Å². The van der Waals surface area contributed by atoms with E-state index in [-0.39, 0.29) is 6.61 Å². The first-order valence-electron chi connectivity index (χ1n) is 5.14. The molecule has 16 heavy (non-hydrogen) atoms. The van der Waals surface area contributed by atoms with Crippen LogP contribution >= 0.6 is 0 Å². The summed E-state index contributed by atoms with van der Waals surface area (Å²) in [5.41, 5.74) is 2.18. The second kappa shape index (κ2) is 5.28. The van der Waals surface area contributed by atoms with E-state index in [1.165, 1.54) is 0 Å². The average Bonchev–Trinajstić information content (AvgIpc) is 2.38. The molecule has 82 valence electrons. The molecule has 2 aromatic rings. The molecule has 1 aromatic heterocycles. The predicted octanol–water partition coefficient (Wildman–Crippen LogP) is 2.12. The molecule has 2 rings (SSSR count). The van der Waals surface area contributed by atoms with Gasteiger partial charge in [-0.2, -0.15) is 0 Å². The smallest absolute Gasteiger partial charge is 0.120 e. The SMILES string of the molecule is OCCOc1cccc(-c2ccncc2)c1. The summed E-state index contributed by atoms with van der Waals surface area (Å²) in [7, 11) is 0. The van der Waals surface area contributed by atoms with Gasteiger partial charge in [0.05, 0.1) is 6.61 Å². The van der Waals surface area contributed by atoms with Crippen molar-refractivity contribution in [2.24, 2.45) is 0 Å². The number of nitrogens with zero attached hydrogens (tertiary/aromatic N) is 1. The van der Waals surface area contributed by atoms with E-state index < -0.39 is 0 Å². The first-order chi connectivity index (χ1) is 7.90. The lowest BCUT2D eigenvalue weighted by atomic mass is 10.1. The first kappa shape index (κ1) is 10.6. The molecule has 1 N–H and O–H groups in total. The van der Waals surface area contributed by atoms with Gasteiger partial charge in [-0.05, 0) is 35.4 Å². The van der Waals surface area contributed by atoms with Gasteiger partial charge in [0.15, 0.2) is 0 Å². The number of ether oxygens (including phenoxy) is 1. The van der Waals surface area contributed by atoms with Gasteiger partial charge in [0.1, 0.15) is 12.4 Å². The zero-order chi connectivity index (χ0) is 11.2. The van der Waals surface area contributed by atoms with E-state index in [1.807, 2.05) is 36.4 Å². The predicted molar refractivity (Wildman–Crippen MR) is 62.3 cm³/mol. The van der Waals surface area contributed by atoms with E-state index in [1.54, 1.807) is 12.4 Å². The number of aliphatic hydroxyl groups is 1. The highest BCUT2D eigenvalue weighted by Crippen LogP contribution is 2.22. The normalized spacial score (nSPS) is 10.1. The second-order valence-corrected chi connectivity index (χ2v) is 3.34. The van der Waals surface area contributed by atoms with E-state index in [0.717, 1.165) is 16.9 Å². The van der Waals surface area contributed by atoms with E-state index >= 15 is 0 Å². The monoisotopic (exact) mass is 215 g/mol. The van der Waals surface area contributed by atoms with E-state index in [4.69, 9.17) is 9.84 Å². The maximum atomic E-state index is 8.68. The van der Waals surface area contributed by atoms with Gasteiger partial charge in [-0.1, -0.05) is 12.1 Å². The largest absolute Gasteiger partial charge is 0.491 e. The Morgan fingerprint density at radius 1 is 1.06 bits per heavy atom. The summed E-state index contributed by atoms with van der Waals surface area (Å²) < 4.78 is 5.35.